The summed E-state index contributed by atoms with van der Waals surface area (Å²) in [4.78, 5) is 26.2. The Balaban J connectivity index is 1.60. The van der Waals surface area contributed by atoms with Crippen LogP contribution < -0.4 is 10.6 Å². The van der Waals surface area contributed by atoms with Crippen LogP contribution in [-0.4, -0.2) is 27.9 Å². The van der Waals surface area contributed by atoms with E-state index >= 15 is 0 Å². The molecule has 0 atom stereocenters. The van der Waals surface area contributed by atoms with Gasteiger partial charge in [-0.2, -0.15) is 0 Å². The van der Waals surface area contributed by atoms with E-state index in [2.05, 4.69) is 32.7 Å². The molecule has 152 valence electrons. The molecule has 1 heterocycles. The molecule has 4 rings (SSSR count). The van der Waals surface area contributed by atoms with Gasteiger partial charge in [0.1, 0.15) is 5.82 Å². The van der Waals surface area contributed by atoms with Crippen molar-refractivity contribution >= 4 is 17.8 Å². The van der Waals surface area contributed by atoms with Crippen LogP contribution in [0.25, 0.3) is 0 Å². The van der Waals surface area contributed by atoms with Gasteiger partial charge in [0.05, 0.1) is 6.04 Å². The van der Waals surface area contributed by atoms with E-state index in [0.29, 0.717) is 5.95 Å². The predicted octanol–water partition coefficient (Wildman–Crippen LogP) is 3.60. The van der Waals surface area contributed by atoms with E-state index in [1.165, 1.54) is 29.3 Å². The number of hydrogen-bond donors (Lipinski definition) is 2. The minimum Gasteiger partial charge on any atom is -0.294 e. The van der Waals surface area contributed by atoms with Gasteiger partial charge in [-0.1, -0.05) is 30.3 Å². The molecule has 1 aliphatic rings. The number of halogens is 1. The number of benzene rings is 2. The zero-order valence-electron chi connectivity index (χ0n) is 16.8. The highest BCUT2D eigenvalue weighted by Crippen LogP contribution is 2.24. The predicted molar refractivity (Wildman–Crippen MR) is 114 cm³/mol. The maximum atomic E-state index is 13.5. The number of aryl methyl sites for hydroxylation is 2. The van der Waals surface area contributed by atoms with Crippen molar-refractivity contribution in [2.75, 3.05) is 5.32 Å². The minimum absolute atomic E-state index is 0.0244. The molecule has 0 fully saturated rings. The maximum absolute atomic E-state index is 13.5. The van der Waals surface area contributed by atoms with Crippen LogP contribution in [0.15, 0.2) is 59.6 Å². The number of fused-ring (bicyclic) bond motifs is 1. The zero-order chi connectivity index (χ0) is 21.1. The molecule has 0 saturated carbocycles. The van der Waals surface area contributed by atoms with Crippen molar-refractivity contribution in [1.29, 1.82) is 0 Å². The molecular weight excluding hydrogens is 381 g/mol. The highest BCUT2D eigenvalue weighted by Gasteiger charge is 2.22. The number of carbonyl (C=O) groups is 1. The highest BCUT2D eigenvalue weighted by atomic mass is 19.1. The quantitative estimate of drug-likeness (QED) is 0.517. The second-order valence-corrected chi connectivity index (χ2v) is 7.37. The van der Waals surface area contributed by atoms with Gasteiger partial charge < -0.3 is 0 Å². The summed E-state index contributed by atoms with van der Waals surface area (Å²) in [6, 6.07) is 15.6. The van der Waals surface area contributed by atoms with Crippen LogP contribution in [-0.2, 0) is 12.8 Å². The third kappa shape index (κ3) is 4.68. The number of nitrogens with zero attached hydrogens (tertiary/aromatic N) is 3. The number of hydrogen-bond acceptors (Lipinski definition) is 4. The Labute approximate surface area is 174 Å². The summed E-state index contributed by atoms with van der Waals surface area (Å²) in [5.74, 6) is -0.341. The number of aliphatic imine (C=N–C) groups is 1. The second kappa shape index (κ2) is 8.41. The van der Waals surface area contributed by atoms with Gasteiger partial charge in [0, 0.05) is 17.0 Å². The van der Waals surface area contributed by atoms with Crippen molar-refractivity contribution in [2.24, 2.45) is 4.99 Å². The molecule has 1 aliphatic carbocycles. The average Bonchev–Trinajstić information content (AvgIpc) is 3.09. The third-order valence-electron chi connectivity index (χ3n) is 4.87. The lowest BCUT2D eigenvalue weighted by atomic mass is 10.1. The molecule has 3 aromatic rings. The van der Waals surface area contributed by atoms with E-state index in [0.717, 1.165) is 24.2 Å². The van der Waals surface area contributed by atoms with Gasteiger partial charge in [0.2, 0.25) is 11.9 Å². The van der Waals surface area contributed by atoms with Crippen LogP contribution >= 0.6 is 0 Å². The number of rotatable bonds is 3. The first kappa shape index (κ1) is 19.7. The van der Waals surface area contributed by atoms with Crippen molar-refractivity contribution < 1.29 is 9.18 Å². The first-order valence-electron chi connectivity index (χ1n) is 9.77. The standard InChI is InChI=1S/C23H22FN5O/c1-14-10-15(2)26-22(25-14)29-23(28-21(30)18-8-5-9-19(24)11-18)27-20-12-16-6-3-4-7-17(16)13-20/h3-11,20H,12-13H2,1-2H3,(H2,25,26,27,28,29,30). The van der Waals surface area contributed by atoms with Crippen molar-refractivity contribution in [1.82, 2.24) is 15.3 Å². The van der Waals surface area contributed by atoms with Crippen LogP contribution in [0, 0.1) is 19.7 Å². The van der Waals surface area contributed by atoms with E-state index in [1.54, 1.807) is 6.07 Å². The molecule has 6 nitrogen and oxygen atoms in total. The molecule has 0 saturated heterocycles. The molecule has 0 unspecified atom stereocenters. The third-order valence-corrected chi connectivity index (χ3v) is 4.87. The Hall–Kier alpha value is -3.61. The van der Waals surface area contributed by atoms with Crippen molar-refractivity contribution in [3.8, 4) is 0 Å². The van der Waals surface area contributed by atoms with Gasteiger partial charge in [0.25, 0.3) is 5.91 Å². The second-order valence-electron chi connectivity index (χ2n) is 7.37. The summed E-state index contributed by atoms with van der Waals surface area (Å²) < 4.78 is 13.5. The Bertz CT molecular complexity index is 1080. The van der Waals surface area contributed by atoms with Crippen LogP contribution in [0.5, 0.6) is 0 Å². The summed E-state index contributed by atoms with van der Waals surface area (Å²) in [6.07, 6.45) is 1.57. The highest BCUT2D eigenvalue weighted by molar-refractivity contribution is 6.09. The average molecular weight is 403 g/mol. The van der Waals surface area contributed by atoms with Gasteiger partial charge in [-0.15, -0.1) is 0 Å². The van der Waals surface area contributed by atoms with E-state index in [1.807, 2.05) is 32.0 Å². The zero-order valence-corrected chi connectivity index (χ0v) is 16.8. The Morgan fingerprint density at radius 2 is 1.67 bits per heavy atom. The lowest BCUT2D eigenvalue weighted by molar-refractivity contribution is 0.0976. The molecule has 2 N–H and O–H groups in total. The maximum Gasteiger partial charge on any atom is 0.258 e. The van der Waals surface area contributed by atoms with E-state index in [9.17, 15) is 9.18 Å². The Morgan fingerprint density at radius 3 is 2.30 bits per heavy atom. The summed E-state index contributed by atoms with van der Waals surface area (Å²) in [6.45, 7) is 3.74. The number of aromatic nitrogens is 2. The van der Waals surface area contributed by atoms with Crippen LogP contribution in [0.1, 0.15) is 32.9 Å². The van der Waals surface area contributed by atoms with Gasteiger partial charge in [-0.3, -0.25) is 15.4 Å². The van der Waals surface area contributed by atoms with E-state index in [4.69, 9.17) is 4.99 Å². The molecule has 2 aromatic carbocycles. The number of guanidine groups is 1. The molecule has 0 bridgehead atoms. The smallest absolute Gasteiger partial charge is 0.258 e. The van der Waals surface area contributed by atoms with Crippen LogP contribution in [0.4, 0.5) is 10.3 Å². The summed E-state index contributed by atoms with van der Waals surface area (Å²) >= 11 is 0. The van der Waals surface area contributed by atoms with Crippen LogP contribution in [0.3, 0.4) is 0 Å². The fraction of sp³-hybridized carbons (Fsp3) is 0.217. The molecule has 0 spiro atoms. The summed E-state index contributed by atoms with van der Waals surface area (Å²) in [5, 5.41) is 5.79. The van der Waals surface area contributed by atoms with Gasteiger partial charge in [-0.05, 0) is 62.1 Å². The van der Waals surface area contributed by atoms with Crippen molar-refractivity contribution in [3.63, 3.8) is 0 Å². The largest absolute Gasteiger partial charge is 0.294 e. The molecule has 1 amide bonds. The number of anilines is 1. The number of carbonyl (C=O) groups excluding carboxylic acids is 1. The van der Waals surface area contributed by atoms with Gasteiger partial charge in [0.15, 0.2) is 0 Å². The topological polar surface area (TPSA) is 79.3 Å². The monoisotopic (exact) mass is 403 g/mol. The lowest BCUT2D eigenvalue weighted by Crippen LogP contribution is -2.37. The molecule has 0 aliphatic heterocycles. The first-order valence-corrected chi connectivity index (χ1v) is 9.77. The Kier molecular flexibility index (Phi) is 5.52. The van der Waals surface area contributed by atoms with Crippen molar-refractivity contribution in [3.05, 3.63) is 88.5 Å². The summed E-state index contributed by atoms with van der Waals surface area (Å²) in [7, 11) is 0. The SMILES string of the molecule is Cc1cc(C)nc(NC(=NC2Cc3ccccc3C2)NC(=O)c2cccc(F)c2)n1. The fourth-order valence-electron chi connectivity index (χ4n) is 3.60. The molecule has 1 aromatic heterocycles. The first-order chi connectivity index (χ1) is 14.5. The number of nitrogens with one attached hydrogen (secondary N) is 2. The van der Waals surface area contributed by atoms with Gasteiger partial charge in [-0.25, -0.2) is 19.4 Å². The molecule has 7 heteroatoms. The molecule has 30 heavy (non-hydrogen) atoms. The minimum atomic E-state index is -0.474. The van der Waals surface area contributed by atoms with E-state index in [-0.39, 0.29) is 17.6 Å². The Morgan fingerprint density at radius 1 is 1.00 bits per heavy atom. The molecule has 0 radical (unpaired) electrons. The van der Waals surface area contributed by atoms with Gasteiger partial charge >= 0.3 is 0 Å². The summed E-state index contributed by atoms with van der Waals surface area (Å²) in [5.41, 5.74) is 4.32. The fourth-order valence-corrected chi connectivity index (χ4v) is 3.60. The van der Waals surface area contributed by atoms with Crippen molar-refractivity contribution in [2.45, 2.75) is 32.7 Å². The molecular formula is C23H22FN5O. The van der Waals surface area contributed by atoms with E-state index < -0.39 is 11.7 Å². The number of amides is 1. The van der Waals surface area contributed by atoms with Crippen LogP contribution in [0.2, 0.25) is 0 Å². The lowest BCUT2D eigenvalue weighted by Gasteiger charge is -2.14. The normalized spacial score (nSPS) is 13.8.